The van der Waals surface area contributed by atoms with Gasteiger partial charge in [0.2, 0.25) is 0 Å². The standard InChI is InChI=1S/C13H16BrN5S/c1-9-3-12(17-13(16-9)20-2)18-5-10(6-18)7-19-8-11(14)4-15-19/h3-4,8,10H,5-7H2,1-2H3. The number of anilines is 1. The van der Waals surface area contributed by atoms with E-state index in [0.717, 1.165) is 40.8 Å². The molecule has 0 atom stereocenters. The van der Waals surface area contributed by atoms with Crippen LogP contribution in [0.15, 0.2) is 28.1 Å². The SMILES string of the molecule is CSc1nc(C)cc(N2CC(Cn3cc(Br)cn3)C2)n1. The largest absolute Gasteiger partial charge is 0.356 e. The molecule has 0 aliphatic carbocycles. The molecule has 0 N–H and O–H groups in total. The van der Waals surface area contributed by atoms with Crippen molar-refractivity contribution in [2.75, 3.05) is 24.2 Å². The van der Waals surface area contributed by atoms with E-state index in [1.165, 1.54) is 0 Å². The molecule has 5 nitrogen and oxygen atoms in total. The van der Waals surface area contributed by atoms with Gasteiger partial charge in [-0.05, 0) is 29.1 Å². The molecule has 0 amide bonds. The molecule has 1 aliphatic heterocycles. The lowest BCUT2D eigenvalue weighted by atomic mass is 10.0. The predicted molar refractivity (Wildman–Crippen MR) is 84.2 cm³/mol. The fourth-order valence-corrected chi connectivity index (χ4v) is 3.10. The van der Waals surface area contributed by atoms with E-state index in [9.17, 15) is 0 Å². The van der Waals surface area contributed by atoms with Crippen molar-refractivity contribution in [3.8, 4) is 0 Å². The van der Waals surface area contributed by atoms with E-state index in [1.807, 2.05) is 30.3 Å². The Balaban J connectivity index is 1.61. The van der Waals surface area contributed by atoms with E-state index in [4.69, 9.17) is 0 Å². The second-order valence-corrected chi connectivity index (χ2v) is 6.69. The number of nitrogens with zero attached hydrogens (tertiary/aromatic N) is 5. The number of hydrogen-bond donors (Lipinski definition) is 0. The van der Waals surface area contributed by atoms with Gasteiger partial charge >= 0.3 is 0 Å². The molecule has 1 aliphatic rings. The molecule has 20 heavy (non-hydrogen) atoms. The minimum absolute atomic E-state index is 0.634. The third-order valence-corrected chi connectivity index (χ3v) is 4.29. The maximum absolute atomic E-state index is 4.57. The van der Waals surface area contributed by atoms with Crippen molar-refractivity contribution >= 4 is 33.5 Å². The quantitative estimate of drug-likeness (QED) is 0.624. The smallest absolute Gasteiger partial charge is 0.189 e. The Bertz CT molecular complexity index is 609. The fourth-order valence-electron chi connectivity index (χ4n) is 2.35. The maximum atomic E-state index is 4.57. The molecular formula is C13H16BrN5S. The van der Waals surface area contributed by atoms with Gasteiger partial charge in [-0.25, -0.2) is 9.97 Å². The van der Waals surface area contributed by atoms with Crippen molar-refractivity contribution in [1.29, 1.82) is 0 Å². The molecule has 7 heteroatoms. The molecular weight excluding hydrogens is 338 g/mol. The van der Waals surface area contributed by atoms with Crippen LogP contribution in [0, 0.1) is 12.8 Å². The Morgan fingerprint density at radius 2 is 2.20 bits per heavy atom. The van der Waals surface area contributed by atoms with E-state index >= 15 is 0 Å². The van der Waals surface area contributed by atoms with Crippen LogP contribution in [-0.2, 0) is 6.54 Å². The van der Waals surface area contributed by atoms with Gasteiger partial charge in [0.05, 0.1) is 10.7 Å². The second kappa shape index (κ2) is 5.73. The van der Waals surface area contributed by atoms with E-state index in [1.54, 1.807) is 11.8 Å². The lowest BCUT2D eigenvalue weighted by molar-refractivity contribution is 0.339. The predicted octanol–water partition coefficient (Wildman–Crippen LogP) is 2.60. The summed E-state index contributed by atoms with van der Waals surface area (Å²) in [6.45, 7) is 5.04. The van der Waals surface area contributed by atoms with Gasteiger partial charge < -0.3 is 4.90 Å². The molecule has 1 fully saturated rings. The van der Waals surface area contributed by atoms with Gasteiger partial charge in [-0.3, -0.25) is 4.68 Å². The number of hydrogen-bond acceptors (Lipinski definition) is 5. The Kier molecular flexibility index (Phi) is 3.98. The highest BCUT2D eigenvalue weighted by Crippen LogP contribution is 2.26. The lowest BCUT2D eigenvalue weighted by Crippen LogP contribution is -2.49. The molecule has 3 rings (SSSR count). The van der Waals surface area contributed by atoms with Crippen LogP contribution < -0.4 is 4.90 Å². The highest BCUT2D eigenvalue weighted by Gasteiger charge is 2.28. The van der Waals surface area contributed by atoms with Crippen molar-refractivity contribution in [3.63, 3.8) is 0 Å². The molecule has 0 bridgehead atoms. The van der Waals surface area contributed by atoms with Gasteiger partial charge in [0.1, 0.15) is 5.82 Å². The summed E-state index contributed by atoms with van der Waals surface area (Å²) >= 11 is 5.01. The summed E-state index contributed by atoms with van der Waals surface area (Å²) in [4.78, 5) is 11.3. The summed E-state index contributed by atoms with van der Waals surface area (Å²) in [6.07, 6.45) is 5.85. The number of thioether (sulfide) groups is 1. The first-order valence-electron chi connectivity index (χ1n) is 6.46. The average molecular weight is 354 g/mol. The van der Waals surface area contributed by atoms with E-state index < -0.39 is 0 Å². The van der Waals surface area contributed by atoms with Crippen LogP contribution in [0.25, 0.3) is 0 Å². The monoisotopic (exact) mass is 353 g/mol. The molecule has 106 valence electrons. The highest BCUT2D eigenvalue weighted by molar-refractivity contribution is 9.10. The van der Waals surface area contributed by atoms with E-state index in [2.05, 4.69) is 42.0 Å². The summed E-state index contributed by atoms with van der Waals surface area (Å²) in [6, 6.07) is 2.06. The van der Waals surface area contributed by atoms with Crippen molar-refractivity contribution in [2.24, 2.45) is 5.92 Å². The Labute approximate surface area is 130 Å². The molecule has 3 heterocycles. The number of halogens is 1. The first kappa shape index (κ1) is 13.9. The van der Waals surface area contributed by atoms with Crippen LogP contribution in [0.5, 0.6) is 0 Å². The summed E-state index contributed by atoms with van der Waals surface area (Å²) in [5, 5.41) is 5.15. The van der Waals surface area contributed by atoms with Crippen molar-refractivity contribution < 1.29 is 0 Å². The summed E-state index contributed by atoms with van der Waals surface area (Å²) < 4.78 is 3.02. The van der Waals surface area contributed by atoms with Gasteiger partial charge in [-0.15, -0.1) is 0 Å². The van der Waals surface area contributed by atoms with Crippen LogP contribution in [0.4, 0.5) is 5.82 Å². The van der Waals surface area contributed by atoms with Crippen LogP contribution in [0.3, 0.4) is 0 Å². The molecule has 0 spiro atoms. The Morgan fingerprint density at radius 3 is 2.85 bits per heavy atom. The molecule has 2 aromatic rings. The third kappa shape index (κ3) is 2.98. The zero-order chi connectivity index (χ0) is 14.1. The molecule has 0 radical (unpaired) electrons. The lowest BCUT2D eigenvalue weighted by Gasteiger charge is -2.40. The van der Waals surface area contributed by atoms with Crippen LogP contribution in [0.2, 0.25) is 0 Å². The summed E-state index contributed by atoms with van der Waals surface area (Å²) in [5.41, 5.74) is 1.03. The molecule has 2 aromatic heterocycles. The Hall–Kier alpha value is -1.08. The van der Waals surface area contributed by atoms with Crippen molar-refractivity contribution in [3.05, 3.63) is 28.6 Å². The summed E-state index contributed by atoms with van der Waals surface area (Å²) in [5.74, 6) is 1.68. The van der Waals surface area contributed by atoms with E-state index in [0.29, 0.717) is 5.92 Å². The van der Waals surface area contributed by atoms with Gasteiger partial charge in [0, 0.05) is 43.5 Å². The average Bonchev–Trinajstić information content (AvgIpc) is 2.78. The van der Waals surface area contributed by atoms with Crippen LogP contribution >= 0.6 is 27.7 Å². The normalized spacial score (nSPS) is 15.4. The second-order valence-electron chi connectivity index (χ2n) is 5.01. The molecule has 0 saturated carbocycles. The van der Waals surface area contributed by atoms with E-state index in [-0.39, 0.29) is 0 Å². The molecule has 0 aromatic carbocycles. The minimum Gasteiger partial charge on any atom is -0.356 e. The minimum atomic E-state index is 0.634. The first-order valence-corrected chi connectivity index (χ1v) is 8.48. The molecule has 1 saturated heterocycles. The van der Waals surface area contributed by atoms with Crippen molar-refractivity contribution in [2.45, 2.75) is 18.6 Å². The zero-order valence-electron chi connectivity index (χ0n) is 11.5. The Morgan fingerprint density at radius 1 is 1.40 bits per heavy atom. The first-order chi connectivity index (χ1) is 9.64. The van der Waals surface area contributed by atoms with Crippen molar-refractivity contribution in [1.82, 2.24) is 19.7 Å². The third-order valence-electron chi connectivity index (χ3n) is 3.33. The maximum Gasteiger partial charge on any atom is 0.189 e. The van der Waals surface area contributed by atoms with Gasteiger partial charge in [-0.1, -0.05) is 11.8 Å². The fraction of sp³-hybridized carbons (Fsp3) is 0.462. The van der Waals surface area contributed by atoms with Crippen LogP contribution in [0.1, 0.15) is 5.69 Å². The topological polar surface area (TPSA) is 46.8 Å². The number of rotatable bonds is 4. The zero-order valence-corrected chi connectivity index (χ0v) is 13.9. The van der Waals surface area contributed by atoms with Gasteiger partial charge in [-0.2, -0.15) is 5.10 Å². The van der Waals surface area contributed by atoms with Gasteiger partial charge in [0.25, 0.3) is 0 Å². The van der Waals surface area contributed by atoms with Gasteiger partial charge in [0.15, 0.2) is 5.16 Å². The highest BCUT2D eigenvalue weighted by atomic mass is 79.9. The molecule has 0 unspecified atom stereocenters. The summed E-state index contributed by atoms with van der Waals surface area (Å²) in [7, 11) is 0. The number of aromatic nitrogens is 4. The number of aryl methyl sites for hydroxylation is 1. The van der Waals surface area contributed by atoms with Crippen LogP contribution in [-0.4, -0.2) is 39.1 Å².